The van der Waals surface area contributed by atoms with Crippen molar-refractivity contribution in [2.75, 3.05) is 13.7 Å². The Morgan fingerprint density at radius 3 is 2.52 bits per heavy atom. The van der Waals surface area contributed by atoms with Crippen molar-refractivity contribution in [1.82, 2.24) is 10.9 Å². The van der Waals surface area contributed by atoms with Gasteiger partial charge in [-0.15, -0.1) is 0 Å². The van der Waals surface area contributed by atoms with Crippen molar-refractivity contribution in [3.8, 4) is 5.75 Å². The number of nitrogens with two attached hydrogens (primary N) is 1. The molecule has 2 aromatic rings. The molecular formula is C18H21BrN3O3+. The molecule has 2 amide bonds. The third-order valence-electron chi connectivity index (χ3n) is 3.71. The van der Waals surface area contributed by atoms with Gasteiger partial charge in [-0.25, -0.2) is 0 Å². The minimum atomic E-state index is -0.346. The van der Waals surface area contributed by atoms with Crippen LogP contribution < -0.4 is 20.9 Å². The molecule has 2 rings (SSSR count). The first kappa shape index (κ1) is 19.0. The van der Waals surface area contributed by atoms with Gasteiger partial charge >= 0.3 is 0 Å². The van der Waals surface area contributed by atoms with Crippen molar-refractivity contribution in [2.24, 2.45) is 0 Å². The zero-order valence-electron chi connectivity index (χ0n) is 14.1. The largest absolute Gasteiger partial charge is 0.496 e. The van der Waals surface area contributed by atoms with Crippen LogP contribution in [0.15, 0.2) is 53.0 Å². The summed E-state index contributed by atoms with van der Waals surface area (Å²) in [6, 6.07) is 14.6. The number of quaternary nitrogens is 1. The lowest BCUT2D eigenvalue weighted by molar-refractivity contribution is -0.682. The number of hydrogen-bond donors (Lipinski definition) is 3. The van der Waals surface area contributed by atoms with Gasteiger partial charge in [0.2, 0.25) is 0 Å². The summed E-state index contributed by atoms with van der Waals surface area (Å²) in [7, 11) is 1.61. The van der Waals surface area contributed by atoms with Crippen LogP contribution in [0.25, 0.3) is 0 Å². The Labute approximate surface area is 155 Å². The molecule has 0 aliphatic rings. The summed E-state index contributed by atoms with van der Waals surface area (Å²) >= 11 is 3.45. The van der Waals surface area contributed by atoms with Gasteiger partial charge < -0.3 is 10.1 Å². The lowest BCUT2D eigenvalue weighted by atomic mass is 10.1. The molecule has 0 saturated heterocycles. The van der Waals surface area contributed by atoms with E-state index >= 15 is 0 Å². The molecule has 0 aliphatic carbocycles. The van der Waals surface area contributed by atoms with E-state index in [4.69, 9.17) is 4.74 Å². The van der Waals surface area contributed by atoms with Gasteiger partial charge in [-0.2, -0.15) is 0 Å². The Morgan fingerprint density at radius 2 is 1.88 bits per heavy atom. The third kappa shape index (κ3) is 5.58. The molecule has 0 aromatic heterocycles. The van der Waals surface area contributed by atoms with Gasteiger partial charge in [-0.1, -0.05) is 18.2 Å². The summed E-state index contributed by atoms with van der Waals surface area (Å²) in [4.78, 5) is 23.7. The van der Waals surface area contributed by atoms with Gasteiger partial charge in [0.25, 0.3) is 11.8 Å². The van der Waals surface area contributed by atoms with E-state index in [0.29, 0.717) is 5.56 Å². The highest BCUT2D eigenvalue weighted by atomic mass is 79.9. The summed E-state index contributed by atoms with van der Waals surface area (Å²) < 4.78 is 6.08. The molecule has 0 saturated carbocycles. The van der Waals surface area contributed by atoms with Gasteiger partial charge in [0, 0.05) is 11.1 Å². The number of carbonyl (C=O) groups excluding carboxylic acids is 2. The number of rotatable bonds is 6. The molecule has 0 spiro atoms. The molecule has 0 fully saturated rings. The molecule has 0 bridgehead atoms. The predicted octanol–water partition coefficient (Wildman–Crippen LogP) is 1.54. The molecule has 0 aliphatic heterocycles. The van der Waals surface area contributed by atoms with Crippen LogP contribution in [0, 0.1) is 0 Å². The first-order chi connectivity index (χ1) is 12.0. The second-order valence-corrected chi connectivity index (χ2v) is 6.35. The Kier molecular flexibility index (Phi) is 6.97. The summed E-state index contributed by atoms with van der Waals surface area (Å²) in [5, 5.41) is 1.89. The topological polar surface area (TPSA) is 84.0 Å². The van der Waals surface area contributed by atoms with Crippen LogP contribution in [0.2, 0.25) is 0 Å². The van der Waals surface area contributed by atoms with Crippen molar-refractivity contribution in [2.45, 2.75) is 13.0 Å². The van der Waals surface area contributed by atoms with E-state index < -0.39 is 0 Å². The molecule has 132 valence electrons. The lowest BCUT2D eigenvalue weighted by Gasteiger charge is -2.13. The number of methoxy groups -OCH3 is 1. The molecule has 0 radical (unpaired) electrons. The van der Waals surface area contributed by atoms with Crippen LogP contribution in [-0.4, -0.2) is 25.5 Å². The zero-order valence-corrected chi connectivity index (χ0v) is 15.7. The monoisotopic (exact) mass is 406 g/mol. The molecule has 6 nitrogen and oxygen atoms in total. The Morgan fingerprint density at radius 1 is 1.16 bits per heavy atom. The fourth-order valence-corrected chi connectivity index (χ4v) is 2.78. The molecular weight excluding hydrogens is 386 g/mol. The fraction of sp³-hybridized carbons (Fsp3) is 0.222. The normalized spacial score (nSPS) is 11.5. The second kappa shape index (κ2) is 9.19. The van der Waals surface area contributed by atoms with Crippen molar-refractivity contribution in [1.29, 1.82) is 0 Å². The Balaban J connectivity index is 1.79. The smallest absolute Gasteiger partial charge is 0.293 e. The number of ether oxygens (including phenoxy) is 1. The van der Waals surface area contributed by atoms with E-state index in [0.717, 1.165) is 15.8 Å². The maximum Gasteiger partial charge on any atom is 0.293 e. The van der Waals surface area contributed by atoms with Crippen LogP contribution in [-0.2, 0) is 4.79 Å². The average molecular weight is 407 g/mol. The minimum Gasteiger partial charge on any atom is -0.496 e. The molecule has 25 heavy (non-hydrogen) atoms. The van der Waals surface area contributed by atoms with Crippen LogP contribution >= 0.6 is 15.9 Å². The average Bonchev–Trinajstić information content (AvgIpc) is 2.64. The number of halogens is 1. The number of benzene rings is 2. The Hall–Kier alpha value is -2.38. The summed E-state index contributed by atoms with van der Waals surface area (Å²) in [6.45, 7) is 2.20. The maximum atomic E-state index is 11.9. The van der Waals surface area contributed by atoms with Gasteiger partial charge in [0.1, 0.15) is 11.8 Å². The zero-order chi connectivity index (χ0) is 18.2. The number of nitrogens with one attached hydrogen (secondary N) is 2. The van der Waals surface area contributed by atoms with Crippen molar-refractivity contribution in [3.63, 3.8) is 0 Å². The van der Waals surface area contributed by atoms with Crippen molar-refractivity contribution >= 4 is 27.7 Å². The van der Waals surface area contributed by atoms with Crippen LogP contribution in [0.5, 0.6) is 5.75 Å². The quantitative estimate of drug-likeness (QED) is 0.636. The van der Waals surface area contributed by atoms with Gasteiger partial charge in [0.15, 0.2) is 6.54 Å². The predicted molar refractivity (Wildman–Crippen MR) is 98.0 cm³/mol. The van der Waals surface area contributed by atoms with Crippen LogP contribution in [0.3, 0.4) is 0 Å². The molecule has 2 aromatic carbocycles. The van der Waals surface area contributed by atoms with E-state index in [-0.39, 0.29) is 24.4 Å². The summed E-state index contributed by atoms with van der Waals surface area (Å²) in [5.41, 5.74) is 6.38. The van der Waals surface area contributed by atoms with E-state index in [9.17, 15) is 9.59 Å². The third-order valence-corrected chi connectivity index (χ3v) is 4.33. The van der Waals surface area contributed by atoms with E-state index in [1.807, 2.05) is 36.5 Å². The fourth-order valence-electron chi connectivity index (χ4n) is 2.22. The standard InChI is InChI=1S/C18H20BrN3O3/c1-12(14-8-9-16(25-2)15(19)10-14)20-11-17(23)21-22-18(24)13-6-4-3-5-7-13/h3-10,12,20H,11H2,1-2H3,(H,21,23)(H,22,24)/p+1/t12-/m0/s1. The molecule has 7 heteroatoms. The van der Waals surface area contributed by atoms with Crippen molar-refractivity contribution in [3.05, 3.63) is 64.1 Å². The first-order valence-electron chi connectivity index (χ1n) is 7.82. The number of hydrazine groups is 1. The minimum absolute atomic E-state index is 0.0813. The van der Waals surface area contributed by atoms with Crippen LogP contribution in [0.1, 0.15) is 28.9 Å². The van der Waals surface area contributed by atoms with Gasteiger partial charge in [-0.05, 0) is 53.2 Å². The van der Waals surface area contributed by atoms with Crippen molar-refractivity contribution < 1.29 is 19.6 Å². The molecule has 1 atom stereocenters. The number of carbonyl (C=O) groups is 2. The SMILES string of the molecule is COc1ccc([C@H](C)[NH2+]CC(=O)NNC(=O)c2ccccc2)cc1Br. The maximum absolute atomic E-state index is 11.9. The highest BCUT2D eigenvalue weighted by Crippen LogP contribution is 2.26. The second-order valence-electron chi connectivity index (χ2n) is 5.49. The molecule has 0 heterocycles. The Bertz CT molecular complexity index is 738. The lowest BCUT2D eigenvalue weighted by Crippen LogP contribution is -2.87. The highest BCUT2D eigenvalue weighted by molar-refractivity contribution is 9.10. The van der Waals surface area contributed by atoms with E-state index in [1.165, 1.54) is 0 Å². The van der Waals surface area contributed by atoms with E-state index in [2.05, 4.69) is 26.8 Å². The molecule has 0 unspecified atom stereocenters. The molecule has 4 N–H and O–H groups in total. The first-order valence-corrected chi connectivity index (χ1v) is 8.61. The summed E-state index contributed by atoms with van der Waals surface area (Å²) in [5.74, 6) is 0.141. The van der Waals surface area contributed by atoms with Gasteiger partial charge in [0.05, 0.1) is 11.6 Å². The van der Waals surface area contributed by atoms with E-state index in [1.54, 1.807) is 31.4 Å². The van der Waals surface area contributed by atoms with Crippen LogP contribution in [0.4, 0.5) is 0 Å². The summed E-state index contributed by atoms with van der Waals surface area (Å²) in [6.07, 6.45) is 0. The van der Waals surface area contributed by atoms with Gasteiger partial charge in [-0.3, -0.25) is 20.4 Å². The number of amides is 2. The number of hydrogen-bond acceptors (Lipinski definition) is 3. The highest BCUT2D eigenvalue weighted by Gasteiger charge is 2.14.